The molecule has 0 spiro atoms. The second-order valence-electron chi connectivity index (χ2n) is 6.20. The van der Waals surface area contributed by atoms with Crippen molar-refractivity contribution >= 4 is 11.0 Å². The highest BCUT2D eigenvalue weighted by Crippen LogP contribution is 2.28. The summed E-state index contributed by atoms with van der Waals surface area (Å²) in [4.78, 5) is 14.0. The predicted octanol–water partition coefficient (Wildman–Crippen LogP) is 3.45. The first kappa shape index (κ1) is 17.0. The van der Waals surface area contributed by atoms with Gasteiger partial charge in [0.15, 0.2) is 0 Å². The third-order valence-corrected chi connectivity index (χ3v) is 4.24. The molecule has 130 valence electrons. The number of phenols is 1. The quantitative estimate of drug-likeness (QED) is 0.722. The first-order valence-electron chi connectivity index (χ1n) is 8.04. The Morgan fingerprint density at radius 1 is 1.16 bits per heavy atom. The van der Waals surface area contributed by atoms with Crippen molar-refractivity contribution in [3.63, 3.8) is 0 Å². The summed E-state index contributed by atoms with van der Waals surface area (Å²) in [6.45, 7) is 3.05. The zero-order chi connectivity index (χ0) is 18.0. The summed E-state index contributed by atoms with van der Waals surface area (Å²) in [5.41, 5.74) is 2.61. The van der Waals surface area contributed by atoms with E-state index in [0.717, 1.165) is 28.8 Å². The molecule has 5 heteroatoms. The average Bonchev–Trinajstić information content (AvgIpc) is 2.58. The molecule has 0 atom stereocenters. The molecule has 0 aliphatic carbocycles. The van der Waals surface area contributed by atoms with E-state index in [0.29, 0.717) is 17.7 Å². The molecule has 0 saturated carbocycles. The van der Waals surface area contributed by atoms with Gasteiger partial charge in [-0.05, 0) is 49.4 Å². The zero-order valence-electron chi connectivity index (χ0n) is 14.6. The van der Waals surface area contributed by atoms with Gasteiger partial charge in [-0.3, -0.25) is 4.90 Å². The van der Waals surface area contributed by atoms with E-state index in [1.165, 1.54) is 6.07 Å². The molecule has 0 amide bonds. The zero-order valence-corrected chi connectivity index (χ0v) is 14.6. The van der Waals surface area contributed by atoms with Crippen LogP contribution in [-0.4, -0.2) is 24.2 Å². The van der Waals surface area contributed by atoms with Crippen molar-refractivity contribution in [1.29, 1.82) is 0 Å². The van der Waals surface area contributed by atoms with E-state index < -0.39 is 5.63 Å². The Morgan fingerprint density at radius 2 is 1.96 bits per heavy atom. The Labute approximate surface area is 146 Å². The van der Waals surface area contributed by atoms with E-state index in [9.17, 15) is 9.90 Å². The molecule has 1 heterocycles. The fourth-order valence-electron chi connectivity index (χ4n) is 2.98. The highest BCUT2D eigenvalue weighted by atomic mass is 16.5. The van der Waals surface area contributed by atoms with Gasteiger partial charge in [0.2, 0.25) is 0 Å². The number of phenolic OH excluding ortho intramolecular Hbond substituents is 1. The minimum atomic E-state index is -0.411. The van der Waals surface area contributed by atoms with Gasteiger partial charge in [0.05, 0.1) is 7.11 Å². The van der Waals surface area contributed by atoms with Gasteiger partial charge in [0.25, 0.3) is 0 Å². The molecule has 25 heavy (non-hydrogen) atoms. The van der Waals surface area contributed by atoms with Gasteiger partial charge in [-0.1, -0.05) is 12.1 Å². The van der Waals surface area contributed by atoms with Gasteiger partial charge in [-0.15, -0.1) is 0 Å². The van der Waals surface area contributed by atoms with Crippen molar-refractivity contribution in [1.82, 2.24) is 4.90 Å². The monoisotopic (exact) mass is 339 g/mol. The van der Waals surface area contributed by atoms with Crippen LogP contribution in [0.3, 0.4) is 0 Å². The number of methoxy groups -OCH3 is 1. The van der Waals surface area contributed by atoms with Crippen molar-refractivity contribution in [3.05, 3.63) is 69.6 Å². The van der Waals surface area contributed by atoms with Crippen LogP contribution < -0.4 is 10.4 Å². The summed E-state index contributed by atoms with van der Waals surface area (Å²) in [6.07, 6.45) is 0. The SMILES string of the molecule is COc1cccc(CN(C)Cc2cc(=O)oc3c(C)c(O)ccc23)c1. The molecule has 0 aliphatic rings. The lowest BCUT2D eigenvalue weighted by Gasteiger charge is -2.18. The van der Waals surface area contributed by atoms with Crippen molar-refractivity contribution < 1.29 is 14.3 Å². The Bertz CT molecular complexity index is 962. The van der Waals surface area contributed by atoms with E-state index in [-0.39, 0.29) is 5.75 Å². The largest absolute Gasteiger partial charge is 0.508 e. The number of hydrogen-bond donors (Lipinski definition) is 1. The summed E-state index contributed by atoms with van der Waals surface area (Å²) in [5.74, 6) is 0.945. The van der Waals surface area contributed by atoms with Crippen LogP contribution in [0, 0.1) is 6.92 Å². The van der Waals surface area contributed by atoms with Crippen LogP contribution in [-0.2, 0) is 13.1 Å². The van der Waals surface area contributed by atoms with E-state index >= 15 is 0 Å². The number of aromatic hydroxyl groups is 1. The van der Waals surface area contributed by atoms with Crippen molar-refractivity contribution in [2.75, 3.05) is 14.2 Å². The lowest BCUT2D eigenvalue weighted by Crippen LogP contribution is -2.18. The Morgan fingerprint density at radius 3 is 2.72 bits per heavy atom. The maximum absolute atomic E-state index is 11.9. The number of nitrogens with zero attached hydrogens (tertiary/aromatic N) is 1. The van der Waals surface area contributed by atoms with Gasteiger partial charge in [-0.25, -0.2) is 4.79 Å². The molecule has 1 N–H and O–H groups in total. The lowest BCUT2D eigenvalue weighted by atomic mass is 10.1. The van der Waals surface area contributed by atoms with Crippen LogP contribution in [0.5, 0.6) is 11.5 Å². The summed E-state index contributed by atoms with van der Waals surface area (Å²) >= 11 is 0. The van der Waals surface area contributed by atoms with Gasteiger partial charge >= 0.3 is 5.63 Å². The molecule has 0 aliphatic heterocycles. The van der Waals surface area contributed by atoms with E-state index in [2.05, 4.69) is 4.90 Å². The number of ether oxygens (including phenoxy) is 1. The molecular formula is C20H21NO4. The van der Waals surface area contributed by atoms with Crippen LogP contribution in [0.25, 0.3) is 11.0 Å². The van der Waals surface area contributed by atoms with Crippen LogP contribution in [0.15, 0.2) is 51.7 Å². The number of rotatable bonds is 5. The molecule has 0 fully saturated rings. The average molecular weight is 339 g/mol. The molecule has 0 saturated heterocycles. The van der Waals surface area contributed by atoms with Gasteiger partial charge in [-0.2, -0.15) is 0 Å². The summed E-state index contributed by atoms with van der Waals surface area (Å²) in [7, 11) is 3.64. The van der Waals surface area contributed by atoms with Crippen molar-refractivity contribution in [2.24, 2.45) is 0 Å². The number of fused-ring (bicyclic) bond motifs is 1. The molecule has 0 unspecified atom stereocenters. The maximum Gasteiger partial charge on any atom is 0.336 e. The predicted molar refractivity (Wildman–Crippen MR) is 97.1 cm³/mol. The smallest absolute Gasteiger partial charge is 0.336 e. The highest BCUT2D eigenvalue weighted by molar-refractivity contribution is 5.84. The van der Waals surface area contributed by atoms with Gasteiger partial charge in [0.1, 0.15) is 17.1 Å². The topological polar surface area (TPSA) is 62.9 Å². The van der Waals surface area contributed by atoms with Crippen molar-refractivity contribution in [3.8, 4) is 11.5 Å². The van der Waals surface area contributed by atoms with Gasteiger partial charge in [0, 0.05) is 30.1 Å². The van der Waals surface area contributed by atoms with E-state index in [1.54, 1.807) is 26.2 Å². The van der Waals surface area contributed by atoms with Crippen molar-refractivity contribution in [2.45, 2.75) is 20.0 Å². The molecule has 1 aromatic heterocycles. The third-order valence-electron chi connectivity index (χ3n) is 4.24. The lowest BCUT2D eigenvalue weighted by molar-refractivity contribution is 0.318. The third kappa shape index (κ3) is 3.67. The second kappa shape index (κ2) is 6.99. The molecule has 2 aromatic carbocycles. The Hall–Kier alpha value is -2.79. The first-order valence-corrected chi connectivity index (χ1v) is 8.04. The molecule has 0 bridgehead atoms. The summed E-state index contributed by atoms with van der Waals surface area (Å²) in [5, 5.41) is 10.7. The van der Waals surface area contributed by atoms with Crippen LogP contribution in [0.4, 0.5) is 0 Å². The minimum Gasteiger partial charge on any atom is -0.508 e. The maximum atomic E-state index is 11.9. The van der Waals surface area contributed by atoms with E-state index in [1.807, 2.05) is 31.3 Å². The number of benzene rings is 2. The second-order valence-corrected chi connectivity index (χ2v) is 6.20. The van der Waals surface area contributed by atoms with E-state index in [4.69, 9.17) is 9.15 Å². The summed E-state index contributed by atoms with van der Waals surface area (Å²) in [6, 6.07) is 12.8. The fraction of sp³-hybridized carbons (Fsp3) is 0.250. The standard InChI is InChI=1S/C20H21NO4/c1-13-18(22)8-7-17-15(10-19(23)25-20(13)17)12-21(2)11-14-5-4-6-16(9-14)24-3/h4-10,22H,11-12H2,1-3H3. The van der Waals surface area contributed by atoms with Crippen LogP contribution >= 0.6 is 0 Å². The normalized spacial score (nSPS) is 11.2. The molecule has 5 nitrogen and oxygen atoms in total. The van der Waals surface area contributed by atoms with Crippen LogP contribution in [0.2, 0.25) is 0 Å². The highest BCUT2D eigenvalue weighted by Gasteiger charge is 2.12. The molecule has 0 radical (unpaired) electrons. The molecule has 3 aromatic rings. The Kier molecular flexibility index (Phi) is 4.76. The van der Waals surface area contributed by atoms with Gasteiger partial charge < -0.3 is 14.3 Å². The Balaban J connectivity index is 1.89. The molecule has 3 rings (SSSR count). The summed E-state index contributed by atoms with van der Waals surface area (Å²) < 4.78 is 10.5. The first-order chi connectivity index (χ1) is 12.0. The molecular weight excluding hydrogens is 318 g/mol. The van der Waals surface area contributed by atoms with Crippen LogP contribution in [0.1, 0.15) is 16.7 Å². The number of hydrogen-bond acceptors (Lipinski definition) is 5. The fourth-order valence-corrected chi connectivity index (χ4v) is 2.98. The minimum absolute atomic E-state index is 0.123. The number of aryl methyl sites for hydroxylation is 1.